The number of primary amides is 1. The van der Waals surface area contributed by atoms with Crippen LogP contribution in [-0.2, 0) is 6.54 Å². The quantitative estimate of drug-likeness (QED) is 0.684. The van der Waals surface area contributed by atoms with E-state index in [2.05, 4.69) is 10.6 Å². The predicted octanol–water partition coefficient (Wildman–Crippen LogP) is 3.54. The van der Waals surface area contributed by atoms with E-state index in [4.69, 9.17) is 10.2 Å². The van der Waals surface area contributed by atoms with Gasteiger partial charge in [-0.15, -0.1) is 0 Å². The van der Waals surface area contributed by atoms with Crippen molar-refractivity contribution in [1.29, 1.82) is 0 Å². The number of carbonyl (C=O) groups is 1. The molecule has 106 valence electrons. The molecule has 21 heavy (non-hydrogen) atoms. The van der Waals surface area contributed by atoms with Gasteiger partial charge in [0.05, 0.1) is 6.26 Å². The zero-order valence-electron chi connectivity index (χ0n) is 11.3. The van der Waals surface area contributed by atoms with Crippen molar-refractivity contribution in [3.63, 3.8) is 0 Å². The third kappa shape index (κ3) is 2.97. The van der Waals surface area contributed by atoms with Gasteiger partial charge in [-0.3, -0.25) is 0 Å². The van der Waals surface area contributed by atoms with Crippen molar-refractivity contribution in [2.45, 2.75) is 6.54 Å². The fraction of sp³-hybridized carbons (Fsp3) is 0.0625. The van der Waals surface area contributed by atoms with Gasteiger partial charge >= 0.3 is 6.03 Å². The summed E-state index contributed by atoms with van der Waals surface area (Å²) in [6, 6.07) is 14.7. The topological polar surface area (TPSA) is 80.3 Å². The second kappa shape index (κ2) is 5.58. The van der Waals surface area contributed by atoms with Crippen molar-refractivity contribution in [2.75, 3.05) is 10.6 Å². The first kappa shape index (κ1) is 13.1. The van der Waals surface area contributed by atoms with Gasteiger partial charge in [0.1, 0.15) is 5.58 Å². The first-order chi connectivity index (χ1) is 10.2. The smallest absolute Gasteiger partial charge is 0.316 e. The minimum atomic E-state index is -0.576. The first-order valence-electron chi connectivity index (χ1n) is 6.58. The van der Waals surface area contributed by atoms with Gasteiger partial charge in [0.25, 0.3) is 0 Å². The van der Waals surface area contributed by atoms with Crippen LogP contribution >= 0.6 is 0 Å². The van der Waals surface area contributed by atoms with Crippen molar-refractivity contribution in [3.8, 4) is 0 Å². The van der Waals surface area contributed by atoms with Gasteiger partial charge in [-0.2, -0.15) is 0 Å². The maximum absolute atomic E-state index is 10.8. The third-order valence-electron chi connectivity index (χ3n) is 3.17. The molecular weight excluding hydrogens is 266 g/mol. The number of nitrogens with two attached hydrogens (primary N) is 1. The number of fused-ring (bicyclic) bond motifs is 1. The lowest BCUT2D eigenvalue weighted by Gasteiger charge is -2.08. The van der Waals surface area contributed by atoms with E-state index in [1.807, 2.05) is 42.5 Å². The molecule has 0 radical (unpaired) electrons. The number of nitrogens with one attached hydrogen (secondary N) is 2. The number of benzene rings is 2. The van der Waals surface area contributed by atoms with Crippen LogP contribution < -0.4 is 16.4 Å². The second-order valence-corrected chi connectivity index (χ2v) is 4.68. The Morgan fingerprint density at radius 2 is 1.90 bits per heavy atom. The summed E-state index contributed by atoms with van der Waals surface area (Å²) in [6.07, 6.45) is 1.75. The summed E-state index contributed by atoms with van der Waals surface area (Å²) in [7, 11) is 0. The zero-order valence-corrected chi connectivity index (χ0v) is 11.3. The SMILES string of the molecule is NC(=O)Nc1cccc(NCc2coc3ccccc23)c1. The Bertz CT molecular complexity index is 780. The van der Waals surface area contributed by atoms with E-state index in [1.54, 1.807) is 12.3 Å². The Morgan fingerprint density at radius 3 is 2.76 bits per heavy atom. The zero-order chi connectivity index (χ0) is 14.7. The lowest BCUT2D eigenvalue weighted by Crippen LogP contribution is -2.19. The molecule has 0 saturated heterocycles. The van der Waals surface area contributed by atoms with E-state index >= 15 is 0 Å². The van der Waals surface area contributed by atoms with Crippen LogP contribution in [0.5, 0.6) is 0 Å². The van der Waals surface area contributed by atoms with E-state index < -0.39 is 6.03 Å². The molecule has 3 aromatic rings. The number of para-hydroxylation sites is 1. The average molecular weight is 281 g/mol. The maximum atomic E-state index is 10.8. The summed E-state index contributed by atoms with van der Waals surface area (Å²) in [5, 5.41) is 6.94. The number of urea groups is 1. The van der Waals surface area contributed by atoms with Crippen molar-refractivity contribution in [2.24, 2.45) is 5.73 Å². The minimum absolute atomic E-state index is 0.576. The Morgan fingerprint density at radius 1 is 1.10 bits per heavy atom. The van der Waals surface area contributed by atoms with Crippen molar-refractivity contribution in [3.05, 3.63) is 60.4 Å². The van der Waals surface area contributed by atoms with Gasteiger partial charge in [-0.05, 0) is 24.3 Å². The molecule has 0 bridgehead atoms. The second-order valence-electron chi connectivity index (χ2n) is 4.68. The Kier molecular flexibility index (Phi) is 3.47. The molecule has 0 fully saturated rings. The standard InChI is InChI=1S/C16H15N3O2/c17-16(20)19-13-5-3-4-12(8-13)18-9-11-10-21-15-7-2-1-6-14(11)15/h1-8,10,18H,9H2,(H3,17,19,20). The molecular formula is C16H15N3O2. The van der Waals surface area contributed by atoms with Crippen molar-refractivity contribution < 1.29 is 9.21 Å². The first-order valence-corrected chi connectivity index (χ1v) is 6.58. The van der Waals surface area contributed by atoms with Gasteiger partial charge < -0.3 is 20.8 Å². The molecule has 0 aliphatic rings. The van der Waals surface area contributed by atoms with Crippen LogP contribution in [0.1, 0.15) is 5.56 Å². The molecule has 0 spiro atoms. The molecule has 5 nitrogen and oxygen atoms in total. The summed E-state index contributed by atoms with van der Waals surface area (Å²) in [5.74, 6) is 0. The molecule has 2 amide bonds. The largest absolute Gasteiger partial charge is 0.464 e. The predicted molar refractivity (Wildman–Crippen MR) is 83.2 cm³/mol. The van der Waals surface area contributed by atoms with E-state index in [-0.39, 0.29) is 0 Å². The number of carbonyl (C=O) groups excluding carboxylic acids is 1. The summed E-state index contributed by atoms with van der Waals surface area (Å²) in [4.78, 5) is 10.8. The van der Waals surface area contributed by atoms with Crippen LogP contribution in [0.25, 0.3) is 11.0 Å². The van der Waals surface area contributed by atoms with E-state index in [9.17, 15) is 4.79 Å². The van der Waals surface area contributed by atoms with E-state index in [0.29, 0.717) is 12.2 Å². The fourth-order valence-corrected chi connectivity index (χ4v) is 2.22. The highest BCUT2D eigenvalue weighted by atomic mass is 16.3. The molecule has 0 atom stereocenters. The summed E-state index contributed by atoms with van der Waals surface area (Å²) < 4.78 is 5.50. The van der Waals surface area contributed by atoms with Gasteiger partial charge in [0, 0.05) is 28.9 Å². The number of amides is 2. The van der Waals surface area contributed by atoms with Crippen LogP contribution in [0.15, 0.2) is 59.2 Å². The highest BCUT2D eigenvalue weighted by Gasteiger charge is 2.05. The van der Waals surface area contributed by atoms with Crippen molar-refractivity contribution >= 4 is 28.4 Å². The van der Waals surface area contributed by atoms with Crippen molar-refractivity contribution in [1.82, 2.24) is 0 Å². The monoisotopic (exact) mass is 281 g/mol. The molecule has 0 aliphatic heterocycles. The lowest BCUT2D eigenvalue weighted by molar-refractivity contribution is 0.259. The molecule has 5 heteroatoms. The number of hydrogen-bond donors (Lipinski definition) is 3. The summed E-state index contributed by atoms with van der Waals surface area (Å²) >= 11 is 0. The maximum Gasteiger partial charge on any atom is 0.316 e. The highest BCUT2D eigenvalue weighted by molar-refractivity contribution is 5.88. The molecule has 3 rings (SSSR count). The van der Waals surface area contributed by atoms with Crippen LogP contribution in [-0.4, -0.2) is 6.03 Å². The average Bonchev–Trinajstić information content (AvgIpc) is 2.88. The van der Waals surface area contributed by atoms with Gasteiger partial charge in [0.15, 0.2) is 0 Å². The van der Waals surface area contributed by atoms with Crippen LogP contribution in [0.2, 0.25) is 0 Å². The van der Waals surface area contributed by atoms with E-state index in [0.717, 1.165) is 22.2 Å². The van der Waals surface area contributed by atoms with Crippen LogP contribution in [0.4, 0.5) is 16.2 Å². The molecule has 0 saturated carbocycles. The van der Waals surface area contributed by atoms with Crippen LogP contribution in [0, 0.1) is 0 Å². The Labute approximate surface area is 121 Å². The highest BCUT2D eigenvalue weighted by Crippen LogP contribution is 2.22. The van der Waals surface area contributed by atoms with Crippen LogP contribution in [0.3, 0.4) is 0 Å². The van der Waals surface area contributed by atoms with E-state index in [1.165, 1.54) is 0 Å². The van der Waals surface area contributed by atoms with Gasteiger partial charge in [0.2, 0.25) is 0 Å². The molecule has 0 aliphatic carbocycles. The minimum Gasteiger partial charge on any atom is -0.464 e. The Balaban J connectivity index is 1.74. The molecule has 4 N–H and O–H groups in total. The number of anilines is 2. The Hall–Kier alpha value is -2.95. The summed E-state index contributed by atoms with van der Waals surface area (Å²) in [5.41, 5.74) is 8.61. The number of rotatable bonds is 4. The molecule has 1 heterocycles. The molecule has 1 aromatic heterocycles. The normalized spacial score (nSPS) is 10.5. The molecule has 0 unspecified atom stereocenters. The third-order valence-corrected chi connectivity index (χ3v) is 3.17. The van der Waals surface area contributed by atoms with Gasteiger partial charge in [-0.25, -0.2) is 4.79 Å². The number of hydrogen-bond acceptors (Lipinski definition) is 3. The lowest BCUT2D eigenvalue weighted by atomic mass is 10.2. The number of furan rings is 1. The summed E-state index contributed by atoms with van der Waals surface area (Å²) in [6.45, 7) is 0.636. The fourth-order valence-electron chi connectivity index (χ4n) is 2.22. The molecule has 2 aromatic carbocycles. The van der Waals surface area contributed by atoms with Gasteiger partial charge in [-0.1, -0.05) is 24.3 Å².